The van der Waals surface area contributed by atoms with Crippen LogP contribution in [0.1, 0.15) is 6.92 Å². The third kappa shape index (κ3) is 2.96. The minimum absolute atomic E-state index is 0.264. The van der Waals surface area contributed by atoms with E-state index in [4.69, 9.17) is 4.42 Å². The molecule has 0 bridgehead atoms. The van der Waals surface area contributed by atoms with Crippen LogP contribution in [-0.2, 0) is 4.79 Å². The SMILES string of the molecule is CC(Sc1nnc(-c2ccccc2)o1)C(=O)N1CCNC1=O. The number of nitrogens with zero attached hydrogens (tertiary/aromatic N) is 3. The third-order valence-electron chi connectivity index (χ3n) is 3.18. The maximum Gasteiger partial charge on any atom is 0.324 e. The van der Waals surface area contributed by atoms with Gasteiger partial charge in [-0.15, -0.1) is 10.2 Å². The summed E-state index contributed by atoms with van der Waals surface area (Å²) >= 11 is 1.14. The van der Waals surface area contributed by atoms with Gasteiger partial charge in [0.2, 0.25) is 11.8 Å². The van der Waals surface area contributed by atoms with Crippen LogP contribution in [-0.4, -0.2) is 45.4 Å². The van der Waals surface area contributed by atoms with Gasteiger partial charge < -0.3 is 9.73 Å². The van der Waals surface area contributed by atoms with Crippen molar-refractivity contribution in [2.24, 2.45) is 0 Å². The summed E-state index contributed by atoms with van der Waals surface area (Å²) in [5.74, 6) is 0.140. The molecule has 0 radical (unpaired) electrons. The Labute approximate surface area is 131 Å². The van der Waals surface area contributed by atoms with E-state index in [1.807, 2.05) is 30.3 Å². The average molecular weight is 318 g/mol. The van der Waals surface area contributed by atoms with Crippen molar-refractivity contribution in [2.75, 3.05) is 13.1 Å². The number of aromatic nitrogens is 2. The van der Waals surface area contributed by atoms with E-state index in [1.165, 1.54) is 4.90 Å². The molecule has 2 aromatic rings. The van der Waals surface area contributed by atoms with E-state index >= 15 is 0 Å². The van der Waals surface area contributed by atoms with E-state index in [1.54, 1.807) is 6.92 Å². The molecule has 3 rings (SSSR count). The summed E-state index contributed by atoms with van der Waals surface area (Å²) in [4.78, 5) is 24.9. The van der Waals surface area contributed by atoms with E-state index < -0.39 is 5.25 Å². The van der Waals surface area contributed by atoms with E-state index in [-0.39, 0.29) is 11.9 Å². The number of hydrogen-bond donors (Lipinski definition) is 1. The van der Waals surface area contributed by atoms with Gasteiger partial charge in [-0.05, 0) is 19.1 Å². The molecular weight excluding hydrogens is 304 g/mol. The second-order valence-corrected chi connectivity index (χ2v) is 6.01. The summed E-state index contributed by atoms with van der Waals surface area (Å²) in [6.45, 7) is 2.59. The topological polar surface area (TPSA) is 88.3 Å². The molecule has 0 spiro atoms. The minimum atomic E-state index is -0.479. The normalized spacial score (nSPS) is 15.7. The summed E-state index contributed by atoms with van der Waals surface area (Å²) in [7, 11) is 0. The summed E-state index contributed by atoms with van der Waals surface area (Å²) < 4.78 is 5.55. The number of urea groups is 1. The van der Waals surface area contributed by atoms with Crippen molar-refractivity contribution in [3.63, 3.8) is 0 Å². The standard InChI is InChI=1S/C14H14N4O3S/c1-9(12(19)18-8-7-15-13(18)20)22-14-17-16-11(21-14)10-5-3-2-4-6-10/h2-6,9H,7-8H2,1H3,(H,15,20). The first-order chi connectivity index (χ1) is 10.6. The van der Waals surface area contributed by atoms with Gasteiger partial charge in [0.05, 0.1) is 5.25 Å². The molecule has 114 valence electrons. The molecule has 8 heteroatoms. The molecule has 0 saturated carbocycles. The number of thioether (sulfide) groups is 1. The monoisotopic (exact) mass is 318 g/mol. The van der Waals surface area contributed by atoms with Crippen LogP contribution < -0.4 is 5.32 Å². The van der Waals surface area contributed by atoms with Gasteiger partial charge in [0, 0.05) is 18.7 Å². The Bertz CT molecular complexity index is 688. The number of carbonyl (C=O) groups is 2. The molecule has 1 atom stereocenters. The fourth-order valence-corrected chi connectivity index (χ4v) is 2.80. The lowest BCUT2D eigenvalue weighted by Gasteiger charge is -2.15. The molecule has 1 aliphatic heterocycles. The largest absolute Gasteiger partial charge is 0.411 e. The Hall–Kier alpha value is -2.35. The maximum atomic E-state index is 12.2. The fraction of sp³-hybridized carbons (Fsp3) is 0.286. The maximum absolute atomic E-state index is 12.2. The first kappa shape index (κ1) is 14.6. The highest BCUT2D eigenvalue weighted by Crippen LogP contribution is 2.27. The summed E-state index contributed by atoms with van der Waals surface area (Å²) in [6, 6.07) is 9.04. The highest BCUT2D eigenvalue weighted by atomic mass is 32.2. The molecule has 1 N–H and O–H groups in total. The smallest absolute Gasteiger partial charge is 0.324 e. The molecule has 1 unspecified atom stereocenters. The van der Waals surface area contributed by atoms with Crippen molar-refractivity contribution in [3.8, 4) is 11.5 Å². The van der Waals surface area contributed by atoms with Gasteiger partial charge in [-0.1, -0.05) is 30.0 Å². The van der Waals surface area contributed by atoms with Gasteiger partial charge in [0.1, 0.15) is 0 Å². The van der Waals surface area contributed by atoms with Gasteiger partial charge >= 0.3 is 6.03 Å². The lowest BCUT2D eigenvalue weighted by molar-refractivity contribution is -0.126. The molecule has 1 aromatic heterocycles. The van der Waals surface area contributed by atoms with E-state index in [0.29, 0.717) is 24.2 Å². The zero-order valence-electron chi connectivity index (χ0n) is 11.9. The summed E-state index contributed by atoms with van der Waals surface area (Å²) in [6.07, 6.45) is 0. The zero-order chi connectivity index (χ0) is 15.5. The van der Waals surface area contributed by atoms with Crippen LogP contribution in [0.5, 0.6) is 0 Å². The van der Waals surface area contributed by atoms with Crippen LogP contribution in [0, 0.1) is 0 Å². The highest BCUT2D eigenvalue weighted by Gasteiger charge is 2.31. The van der Waals surface area contributed by atoms with Crippen LogP contribution in [0.15, 0.2) is 40.0 Å². The fourth-order valence-electron chi connectivity index (χ4n) is 2.06. The molecule has 1 fully saturated rings. The van der Waals surface area contributed by atoms with Crippen molar-refractivity contribution in [2.45, 2.75) is 17.4 Å². The molecule has 22 heavy (non-hydrogen) atoms. The molecular formula is C14H14N4O3S. The zero-order valence-corrected chi connectivity index (χ0v) is 12.7. The van der Waals surface area contributed by atoms with Crippen molar-refractivity contribution in [1.82, 2.24) is 20.4 Å². The molecule has 0 aliphatic carbocycles. The van der Waals surface area contributed by atoms with Crippen LogP contribution in [0.2, 0.25) is 0 Å². The Kier molecular flexibility index (Phi) is 4.10. The molecule has 2 heterocycles. The van der Waals surface area contributed by atoms with Crippen LogP contribution in [0.25, 0.3) is 11.5 Å². The van der Waals surface area contributed by atoms with Crippen LogP contribution >= 0.6 is 11.8 Å². The highest BCUT2D eigenvalue weighted by molar-refractivity contribution is 8.00. The summed E-state index contributed by atoms with van der Waals surface area (Å²) in [5, 5.41) is 10.3. The Morgan fingerprint density at radius 3 is 2.82 bits per heavy atom. The second kappa shape index (κ2) is 6.18. The van der Waals surface area contributed by atoms with Gasteiger partial charge in [-0.3, -0.25) is 9.69 Å². The summed E-state index contributed by atoms with van der Waals surface area (Å²) in [5.41, 5.74) is 0.819. The minimum Gasteiger partial charge on any atom is -0.411 e. The lowest BCUT2D eigenvalue weighted by atomic mass is 10.2. The Morgan fingerprint density at radius 1 is 1.36 bits per heavy atom. The predicted molar refractivity (Wildman–Crippen MR) is 80.2 cm³/mol. The Morgan fingerprint density at radius 2 is 2.14 bits per heavy atom. The first-order valence-corrected chi connectivity index (χ1v) is 7.68. The van der Waals surface area contributed by atoms with Gasteiger partial charge in [-0.25, -0.2) is 4.79 Å². The molecule has 1 aliphatic rings. The van der Waals surface area contributed by atoms with Crippen LogP contribution in [0.3, 0.4) is 0 Å². The second-order valence-electron chi connectivity index (χ2n) is 4.72. The van der Waals surface area contributed by atoms with Crippen LogP contribution in [0.4, 0.5) is 4.79 Å². The van der Waals surface area contributed by atoms with Gasteiger partial charge in [0.25, 0.3) is 5.22 Å². The lowest BCUT2D eigenvalue weighted by Crippen LogP contribution is -2.38. The molecule has 1 aromatic carbocycles. The van der Waals surface area contributed by atoms with E-state index in [0.717, 1.165) is 17.3 Å². The quantitative estimate of drug-likeness (QED) is 0.864. The number of carbonyl (C=O) groups excluding carboxylic acids is 2. The van der Waals surface area contributed by atoms with E-state index in [2.05, 4.69) is 15.5 Å². The number of benzene rings is 1. The number of rotatable bonds is 4. The predicted octanol–water partition coefficient (Wildman–Crippen LogP) is 1.77. The first-order valence-electron chi connectivity index (χ1n) is 6.80. The Balaban J connectivity index is 1.67. The number of amides is 3. The number of hydrogen-bond acceptors (Lipinski definition) is 6. The third-order valence-corrected chi connectivity index (χ3v) is 4.10. The number of nitrogens with one attached hydrogen (secondary N) is 1. The van der Waals surface area contributed by atoms with E-state index in [9.17, 15) is 9.59 Å². The number of imide groups is 1. The van der Waals surface area contributed by atoms with Crippen molar-refractivity contribution in [1.29, 1.82) is 0 Å². The molecule has 3 amide bonds. The van der Waals surface area contributed by atoms with Crippen molar-refractivity contribution >= 4 is 23.7 Å². The average Bonchev–Trinajstić information content (AvgIpc) is 3.16. The molecule has 7 nitrogen and oxygen atoms in total. The van der Waals surface area contributed by atoms with Gasteiger partial charge in [0.15, 0.2) is 0 Å². The van der Waals surface area contributed by atoms with Gasteiger partial charge in [-0.2, -0.15) is 0 Å². The van der Waals surface area contributed by atoms with Crippen molar-refractivity contribution in [3.05, 3.63) is 30.3 Å². The molecule has 1 saturated heterocycles. The van der Waals surface area contributed by atoms with Crippen molar-refractivity contribution < 1.29 is 14.0 Å².